The Morgan fingerprint density at radius 3 is 2.38 bits per heavy atom. The van der Waals surface area contributed by atoms with Crippen molar-refractivity contribution in [3.63, 3.8) is 0 Å². The van der Waals surface area contributed by atoms with Crippen LogP contribution in [0.5, 0.6) is 0 Å². The minimum absolute atomic E-state index is 0.277. The first kappa shape index (κ1) is 19.9. The van der Waals surface area contributed by atoms with Gasteiger partial charge in [0.2, 0.25) is 5.91 Å². The molecule has 0 unspecified atom stereocenters. The quantitative estimate of drug-likeness (QED) is 0.507. The molecule has 2 N–H and O–H groups in total. The van der Waals surface area contributed by atoms with E-state index in [1.54, 1.807) is 24.3 Å². The summed E-state index contributed by atoms with van der Waals surface area (Å²) in [4.78, 5) is 36.2. The lowest BCUT2D eigenvalue weighted by molar-refractivity contribution is -0.142. The highest BCUT2D eigenvalue weighted by molar-refractivity contribution is 14.1. The molecule has 0 spiro atoms. The number of hydrogen-bond donors (Lipinski definition) is 2. The van der Waals surface area contributed by atoms with E-state index in [2.05, 4.69) is 33.2 Å². The van der Waals surface area contributed by atoms with Crippen LogP contribution < -0.4 is 10.6 Å². The summed E-state index contributed by atoms with van der Waals surface area (Å²) < 4.78 is 5.82. The van der Waals surface area contributed by atoms with Gasteiger partial charge in [-0.2, -0.15) is 0 Å². The molecule has 26 heavy (non-hydrogen) atoms. The lowest BCUT2D eigenvalue weighted by Crippen LogP contribution is -2.43. The van der Waals surface area contributed by atoms with E-state index in [9.17, 15) is 14.4 Å². The van der Waals surface area contributed by atoms with E-state index in [-0.39, 0.29) is 11.5 Å². The Kier molecular flexibility index (Phi) is 7.14. The number of para-hydroxylation sites is 1. The number of halogens is 1. The minimum Gasteiger partial charge on any atom is -0.467 e. The number of anilines is 1. The summed E-state index contributed by atoms with van der Waals surface area (Å²) in [6.07, 6.45) is 0.305. The molecule has 2 amide bonds. The molecular weight excluding hydrogens is 447 g/mol. The van der Waals surface area contributed by atoms with Crippen molar-refractivity contribution >= 4 is 46.1 Å². The van der Waals surface area contributed by atoms with Crippen LogP contribution in [0.3, 0.4) is 0 Å². The van der Waals surface area contributed by atoms with Crippen molar-refractivity contribution in [1.82, 2.24) is 5.32 Å². The Morgan fingerprint density at radius 2 is 1.73 bits per heavy atom. The molecule has 0 bridgehead atoms. The molecule has 0 radical (unpaired) electrons. The van der Waals surface area contributed by atoms with Crippen LogP contribution in [0.25, 0.3) is 0 Å². The fourth-order valence-electron chi connectivity index (χ4n) is 2.44. The van der Waals surface area contributed by atoms with Crippen LogP contribution >= 0.6 is 22.6 Å². The van der Waals surface area contributed by atoms with Crippen molar-refractivity contribution in [3.05, 3.63) is 63.2 Å². The molecule has 0 fully saturated rings. The average molecular weight is 466 g/mol. The number of methoxy groups -OCH3 is 1. The van der Waals surface area contributed by atoms with Gasteiger partial charge in [0.15, 0.2) is 0 Å². The second kappa shape index (κ2) is 9.33. The molecule has 2 aromatic carbocycles. The van der Waals surface area contributed by atoms with Gasteiger partial charge in [-0.25, -0.2) is 4.79 Å². The highest BCUT2D eigenvalue weighted by Gasteiger charge is 2.24. The molecule has 7 heteroatoms. The van der Waals surface area contributed by atoms with Crippen molar-refractivity contribution in [1.29, 1.82) is 0 Å². The predicted octanol–water partition coefficient (Wildman–Crippen LogP) is 2.76. The van der Waals surface area contributed by atoms with Crippen LogP contribution in [0.1, 0.15) is 22.8 Å². The van der Waals surface area contributed by atoms with Gasteiger partial charge in [0.25, 0.3) is 5.91 Å². The first-order chi connectivity index (χ1) is 12.4. The van der Waals surface area contributed by atoms with Gasteiger partial charge in [-0.3, -0.25) is 9.59 Å². The topological polar surface area (TPSA) is 84.5 Å². The number of esters is 1. The van der Waals surface area contributed by atoms with Crippen LogP contribution in [-0.2, 0) is 20.7 Å². The summed E-state index contributed by atoms with van der Waals surface area (Å²) in [5, 5.41) is 5.32. The zero-order valence-electron chi connectivity index (χ0n) is 14.4. The SMILES string of the molecule is COC(=O)[C@H](Cc1ccccc1I)NC(=O)c1ccccc1NC(C)=O. The Morgan fingerprint density at radius 1 is 1.08 bits per heavy atom. The molecule has 2 rings (SSSR count). The zero-order valence-corrected chi connectivity index (χ0v) is 16.6. The second-order valence-electron chi connectivity index (χ2n) is 5.57. The van der Waals surface area contributed by atoms with Crippen LogP contribution in [-0.4, -0.2) is 30.9 Å². The van der Waals surface area contributed by atoms with Gasteiger partial charge in [0.05, 0.1) is 18.4 Å². The summed E-state index contributed by atoms with van der Waals surface area (Å²) in [6, 6.07) is 13.4. The first-order valence-corrected chi connectivity index (χ1v) is 8.99. The van der Waals surface area contributed by atoms with Crippen molar-refractivity contribution in [2.24, 2.45) is 0 Å². The number of carbonyl (C=O) groups is 3. The number of nitrogens with one attached hydrogen (secondary N) is 2. The molecule has 0 aliphatic heterocycles. The summed E-state index contributed by atoms with van der Waals surface area (Å²) in [7, 11) is 1.28. The van der Waals surface area contributed by atoms with E-state index in [0.29, 0.717) is 12.1 Å². The third-order valence-corrected chi connectivity index (χ3v) is 4.71. The Balaban J connectivity index is 2.23. The number of hydrogen-bond acceptors (Lipinski definition) is 4. The van der Waals surface area contributed by atoms with Crippen molar-refractivity contribution in [2.75, 3.05) is 12.4 Å². The molecule has 136 valence electrons. The lowest BCUT2D eigenvalue weighted by atomic mass is 10.0. The van der Waals surface area contributed by atoms with Gasteiger partial charge in [-0.05, 0) is 46.4 Å². The van der Waals surface area contributed by atoms with Gasteiger partial charge in [0, 0.05) is 16.9 Å². The van der Waals surface area contributed by atoms with E-state index in [1.807, 2.05) is 24.3 Å². The maximum Gasteiger partial charge on any atom is 0.328 e. The molecule has 0 saturated heterocycles. The van der Waals surface area contributed by atoms with Crippen LogP contribution in [0.15, 0.2) is 48.5 Å². The predicted molar refractivity (Wildman–Crippen MR) is 107 cm³/mol. The largest absolute Gasteiger partial charge is 0.467 e. The van der Waals surface area contributed by atoms with Crippen molar-refractivity contribution in [2.45, 2.75) is 19.4 Å². The molecule has 6 nitrogen and oxygen atoms in total. The van der Waals surface area contributed by atoms with E-state index in [1.165, 1.54) is 14.0 Å². The lowest BCUT2D eigenvalue weighted by Gasteiger charge is -2.18. The monoisotopic (exact) mass is 466 g/mol. The van der Waals surface area contributed by atoms with Crippen LogP contribution in [0, 0.1) is 3.57 Å². The number of ether oxygens (including phenoxy) is 1. The number of carbonyl (C=O) groups excluding carboxylic acids is 3. The summed E-state index contributed by atoms with van der Waals surface area (Å²) in [5.41, 5.74) is 1.59. The molecule has 1 atom stereocenters. The van der Waals surface area contributed by atoms with Crippen LogP contribution in [0.2, 0.25) is 0 Å². The molecule has 0 aliphatic rings. The highest BCUT2D eigenvalue weighted by atomic mass is 127. The van der Waals surface area contributed by atoms with Gasteiger partial charge in [0.1, 0.15) is 6.04 Å². The average Bonchev–Trinajstić information content (AvgIpc) is 2.62. The molecule has 0 heterocycles. The van der Waals surface area contributed by atoms with Crippen LogP contribution in [0.4, 0.5) is 5.69 Å². The van der Waals surface area contributed by atoms with Crippen molar-refractivity contribution in [3.8, 4) is 0 Å². The smallest absolute Gasteiger partial charge is 0.328 e. The molecule has 0 aliphatic carbocycles. The summed E-state index contributed by atoms with van der Waals surface area (Å²) in [5.74, 6) is -1.28. The molecular formula is C19H19IN2O4. The fraction of sp³-hybridized carbons (Fsp3) is 0.211. The number of benzene rings is 2. The number of rotatable bonds is 6. The Labute approximate surface area is 165 Å². The van der Waals surface area contributed by atoms with E-state index < -0.39 is 17.9 Å². The summed E-state index contributed by atoms with van der Waals surface area (Å²) in [6.45, 7) is 1.36. The Hall–Kier alpha value is -2.42. The van der Waals surface area contributed by atoms with E-state index in [4.69, 9.17) is 4.74 Å². The normalized spacial score (nSPS) is 11.3. The maximum atomic E-state index is 12.7. The first-order valence-electron chi connectivity index (χ1n) is 7.91. The van der Waals surface area contributed by atoms with Gasteiger partial charge >= 0.3 is 5.97 Å². The number of amides is 2. The minimum atomic E-state index is -0.839. The van der Waals surface area contributed by atoms with Crippen molar-refractivity contribution < 1.29 is 19.1 Å². The van der Waals surface area contributed by atoms with Gasteiger partial charge in [-0.15, -0.1) is 0 Å². The zero-order chi connectivity index (χ0) is 19.1. The fourth-order valence-corrected chi connectivity index (χ4v) is 3.04. The molecule has 2 aromatic rings. The molecule has 0 saturated carbocycles. The maximum absolute atomic E-state index is 12.7. The standard InChI is InChI=1S/C19H19IN2O4/c1-12(23)21-16-10-6-4-8-14(16)18(24)22-17(19(25)26-2)11-13-7-3-5-9-15(13)20/h3-10,17H,11H2,1-2H3,(H,21,23)(H,22,24)/t17-/m0/s1. The second-order valence-corrected chi connectivity index (χ2v) is 6.73. The van der Waals surface area contributed by atoms with E-state index >= 15 is 0 Å². The third kappa shape index (κ3) is 5.29. The summed E-state index contributed by atoms with van der Waals surface area (Å²) >= 11 is 2.18. The van der Waals surface area contributed by atoms with Gasteiger partial charge in [-0.1, -0.05) is 30.3 Å². The van der Waals surface area contributed by atoms with Gasteiger partial charge < -0.3 is 15.4 Å². The van der Waals surface area contributed by atoms with E-state index in [0.717, 1.165) is 9.13 Å². The molecule has 0 aromatic heterocycles. The third-order valence-electron chi connectivity index (χ3n) is 3.66. The Bertz CT molecular complexity index is 823. The highest BCUT2D eigenvalue weighted by Crippen LogP contribution is 2.17.